The molecule has 0 saturated carbocycles. The van der Waals surface area contributed by atoms with E-state index < -0.39 is 21.1 Å². The van der Waals surface area contributed by atoms with Crippen LogP contribution in [0.4, 0.5) is 5.82 Å². The van der Waals surface area contributed by atoms with Crippen LogP contribution in [0, 0.1) is 13.8 Å². The number of rotatable bonds is 9. The monoisotopic (exact) mass is 622 g/mol. The molecule has 0 atom stereocenters. The van der Waals surface area contributed by atoms with E-state index in [9.17, 15) is 0 Å². The van der Waals surface area contributed by atoms with E-state index in [1.165, 1.54) is 0 Å². The Morgan fingerprint density at radius 2 is 1.66 bits per heavy atom. The molecule has 2 aromatic heterocycles. The Labute approximate surface area is 234 Å². The number of nitrogens with one attached hydrogen (secondary N) is 1. The number of hydrogen-bond acceptors (Lipinski definition) is 8. The van der Waals surface area contributed by atoms with Gasteiger partial charge in [0.25, 0.3) is 0 Å². The van der Waals surface area contributed by atoms with Crippen LogP contribution in [0.1, 0.15) is 37.5 Å². The number of fused-ring (bicyclic) bond motifs is 1. The van der Waals surface area contributed by atoms with Crippen molar-refractivity contribution in [3.8, 4) is 28.9 Å². The van der Waals surface area contributed by atoms with Crippen LogP contribution in [0.25, 0.3) is 10.9 Å². The van der Waals surface area contributed by atoms with E-state index in [1.54, 1.807) is 27.7 Å². The second kappa shape index (κ2) is 11.6. The standard InChI is InChI=1S/C25H25N4O4.C4H9.Sn/c1-15-6-9-20(31-4)16(2)23(15)33-25-22-19(10-11-26-25)28-14-29-24(22)27-13-17-7-8-18(30-3)12-21(17)32-5;1-4(2)3;/h6-10,12,14H,13H2,1-5H3,(H,27,28,29);1-3H3;. The summed E-state index contributed by atoms with van der Waals surface area (Å²) in [5, 5.41) is 4.19. The molecule has 1 N–H and O–H groups in total. The number of aryl methyl sites for hydroxylation is 1. The minimum atomic E-state index is -1.04. The molecule has 0 bridgehead atoms. The number of nitrogens with zero attached hydrogens (tertiary/aromatic N) is 3. The molecule has 0 saturated heterocycles. The normalized spacial score (nSPS) is 11.4. The number of aromatic nitrogens is 3. The second-order valence-corrected chi connectivity index (χ2v) is 16.4. The van der Waals surface area contributed by atoms with E-state index >= 15 is 0 Å². The van der Waals surface area contributed by atoms with Gasteiger partial charge in [0.2, 0.25) is 0 Å². The fourth-order valence-electron chi connectivity index (χ4n) is 4.16. The summed E-state index contributed by atoms with van der Waals surface area (Å²) < 4.78 is 24.3. The molecule has 198 valence electrons. The van der Waals surface area contributed by atoms with Crippen LogP contribution in [0.2, 0.25) is 3.43 Å². The minimum absolute atomic E-state index is 0.210. The molecular formula is C29H34N4O4Sn. The van der Waals surface area contributed by atoms with Gasteiger partial charge in [-0.15, -0.1) is 0 Å². The Balaban J connectivity index is 1.81. The van der Waals surface area contributed by atoms with Gasteiger partial charge in [-0.25, -0.2) is 0 Å². The van der Waals surface area contributed by atoms with Crippen molar-refractivity contribution in [1.29, 1.82) is 0 Å². The Kier molecular flexibility index (Phi) is 8.50. The van der Waals surface area contributed by atoms with E-state index in [1.807, 2.05) is 44.2 Å². The molecule has 2 heterocycles. The molecule has 0 spiro atoms. The van der Waals surface area contributed by atoms with Crippen molar-refractivity contribution in [2.75, 3.05) is 26.6 Å². The van der Waals surface area contributed by atoms with Gasteiger partial charge in [0.1, 0.15) is 0 Å². The van der Waals surface area contributed by atoms with E-state index in [0.717, 1.165) is 54.3 Å². The van der Waals surface area contributed by atoms with Gasteiger partial charge in [0, 0.05) is 0 Å². The third kappa shape index (κ3) is 6.23. The van der Waals surface area contributed by atoms with Crippen LogP contribution in [-0.2, 0) is 6.54 Å². The molecule has 9 heteroatoms. The van der Waals surface area contributed by atoms with Crippen LogP contribution >= 0.6 is 0 Å². The predicted octanol–water partition coefficient (Wildman–Crippen LogP) is 5.62. The molecule has 0 fully saturated rings. The summed E-state index contributed by atoms with van der Waals surface area (Å²) in [4.78, 5) is 14.2. The van der Waals surface area contributed by atoms with Crippen LogP contribution in [-0.4, -0.2) is 57.4 Å². The summed E-state index contributed by atoms with van der Waals surface area (Å²) in [6.45, 7) is 11.3. The molecule has 0 unspecified atom stereocenters. The average molecular weight is 621 g/mol. The van der Waals surface area contributed by atoms with Crippen LogP contribution in [0.5, 0.6) is 28.9 Å². The first-order chi connectivity index (χ1) is 18.1. The Hall–Kier alpha value is -3.27. The summed E-state index contributed by atoms with van der Waals surface area (Å²) in [5.74, 6) is 4.08. The molecule has 8 nitrogen and oxygen atoms in total. The van der Waals surface area contributed by atoms with Crippen LogP contribution in [0.15, 0.2) is 42.7 Å². The predicted molar refractivity (Wildman–Crippen MR) is 152 cm³/mol. The molecule has 4 aromatic rings. The van der Waals surface area contributed by atoms with Crippen molar-refractivity contribution >= 4 is 41.6 Å². The van der Waals surface area contributed by atoms with Gasteiger partial charge in [0.05, 0.1) is 7.11 Å². The summed E-state index contributed by atoms with van der Waals surface area (Å²) in [6.07, 6.45) is 1.58. The molecule has 0 aliphatic carbocycles. The van der Waals surface area contributed by atoms with Gasteiger partial charge in [0.15, 0.2) is 0 Å². The zero-order valence-electron chi connectivity index (χ0n) is 23.2. The number of hydrogen-bond donors (Lipinski definition) is 1. The third-order valence-electron chi connectivity index (χ3n) is 6.00. The molecule has 0 aliphatic heterocycles. The SMILES string of the molecule is COc1ccc(CNc2ncnc3c[c]([Sn][C](C)(C)C)nc(Oc4c(C)ccc(OC)c4C)c23)c(OC)c1. The van der Waals surface area contributed by atoms with Crippen molar-refractivity contribution < 1.29 is 18.9 Å². The molecule has 0 aliphatic rings. The van der Waals surface area contributed by atoms with Crippen LogP contribution in [0.3, 0.4) is 0 Å². The zero-order chi connectivity index (χ0) is 27.4. The molecule has 2 radical (unpaired) electrons. The van der Waals surface area contributed by atoms with Crippen molar-refractivity contribution in [1.82, 2.24) is 15.0 Å². The zero-order valence-corrected chi connectivity index (χ0v) is 26.1. The summed E-state index contributed by atoms with van der Waals surface area (Å²) >= 11 is -1.04. The molecule has 2 aromatic carbocycles. The third-order valence-corrected chi connectivity index (χ3v) is 9.60. The topological polar surface area (TPSA) is 87.6 Å². The van der Waals surface area contributed by atoms with E-state index in [0.29, 0.717) is 18.2 Å². The summed E-state index contributed by atoms with van der Waals surface area (Å²) in [5.41, 5.74) is 3.67. The first-order valence-corrected chi connectivity index (χ1v) is 15.2. The van der Waals surface area contributed by atoms with Gasteiger partial charge >= 0.3 is 228 Å². The van der Waals surface area contributed by atoms with Gasteiger partial charge < -0.3 is 0 Å². The first kappa shape index (κ1) is 27.8. The van der Waals surface area contributed by atoms with E-state index in [2.05, 4.69) is 42.1 Å². The van der Waals surface area contributed by atoms with Crippen molar-refractivity contribution in [2.24, 2.45) is 0 Å². The summed E-state index contributed by atoms with van der Waals surface area (Å²) in [7, 11) is 4.95. The maximum absolute atomic E-state index is 6.59. The van der Waals surface area contributed by atoms with Crippen molar-refractivity contribution in [3.63, 3.8) is 0 Å². The van der Waals surface area contributed by atoms with E-state index in [-0.39, 0.29) is 3.43 Å². The Morgan fingerprint density at radius 3 is 2.34 bits per heavy atom. The van der Waals surface area contributed by atoms with Crippen molar-refractivity contribution in [2.45, 2.75) is 44.6 Å². The number of anilines is 1. The Morgan fingerprint density at radius 1 is 0.895 bits per heavy atom. The molecule has 4 rings (SSSR count). The number of methoxy groups -OCH3 is 3. The van der Waals surface area contributed by atoms with Gasteiger partial charge in [-0.1, -0.05) is 0 Å². The van der Waals surface area contributed by atoms with E-state index in [4.69, 9.17) is 23.9 Å². The molecule has 0 amide bonds. The van der Waals surface area contributed by atoms with Crippen LogP contribution < -0.4 is 28.0 Å². The number of benzene rings is 2. The first-order valence-electron chi connectivity index (χ1n) is 12.3. The fourth-order valence-corrected chi connectivity index (χ4v) is 7.40. The van der Waals surface area contributed by atoms with Gasteiger partial charge in [-0.05, 0) is 0 Å². The van der Waals surface area contributed by atoms with Gasteiger partial charge in [-0.2, -0.15) is 0 Å². The average Bonchev–Trinajstić information content (AvgIpc) is 2.88. The maximum atomic E-state index is 6.59. The fraction of sp³-hybridized carbons (Fsp3) is 0.345. The van der Waals surface area contributed by atoms with Gasteiger partial charge in [-0.3, -0.25) is 0 Å². The molecular weight excluding hydrogens is 587 g/mol. The van der Waals surface area contributed by atoms with Crippen molar-refractivity contribution in [3.05, 3.63) is 59.4 Å². The second-order valence-electron chi connectivity index (χ2n) is 9.98. The summed E-state index contributed by atoms with van der Waals surface area (Å²) in [6, 6.07) is 11.8. The number of ether oxygens (including phenoxy) is 4. The Bertz CT molecular complexity index is 1450. The quantitative estimate of drug-likeness (QED) is 0.241. The molecule has 38 heavy (non-hydrogen) atoms. The number of pyridine rings is 1.